The summed E-state index contributed by atoms with van der Waals surface area (Å²) in [5.74, 6) is 0. The number of hydrogen-bond acceptors (Lipinski definition) is 2. The van der Waals surface area contributed by atoms with Crippen LogP contribution < -0.4 is 0 Å². The Morgan fingerprint density at radius 2 is 1.82 bits per heavy atom. The Kier molecular flexibility index (Phi) is 3.28. The van der Waals surface area contributed by atoms with E-state index in [-0.39, 0.29) is 5.41 Å². The molecule has 0 saturated carbocycles. The number of hydrogen-bond donors (Lipinski definition) is 1. The molecule has 0 spiro atoms. The van der Waals surface area contributed by atoms with Gasteiger partial charge in [0.05, 0.1) is 4.87 Å². The molecule has 0 radical (unpaired) electrons. The van der Waals surface area contributed by atoms with Gasteiger partial charge in [-0.2, -0.15) is 8.42 Å². The molecule has 3 nitrogen and oxygen atoms in total. The normalized spacial score (nSPS) is 16.7. The maximum atomic E-state index is 10.6. The Labute approximate surface area is 71.4 Å². The second-order valence-corrected chi connectivity index (χ2v) is 8.16. The van der Waals surface area contributed by atoms with E-state index in [1.54, 1.807) is 0 Å². The first kappa shape index (κ1) is 11.1. The van der Waals surface area contributed by atoms with Gasteiger partial charge in [0, 0.05) is 10.2 Å². The summed E-state index contributed by atoms with van der Waals surface area (Å²) in [7, 11) is -3.28. The topological polar surface area (TPSA) is 54.4 Å². The molecule has 0 aromatic carbocycles. The minimum Gasteiger partial charge on any atom is -0.286 e. The average molecular weight is 196 g/mol. The Morgan fingerprint density at radius 3 is 1.91 bits per heavy atom. The van der Waals surface area contributed by atoms with Crippen molar-refractivity contribution in [2.45, 2.75) is 32.1 Å². The lowest BCUT2D eigenvalue weighted by atomic mass is 9.93. The zero-order valence-corrected chi connectivity index (χ0v) is 10.3. The van der Waals surface area contributed by atoms with E-state index in [9.17, 15) is 8.42 Å². The highest BCUT2D eigenvalue weighted by Crippen LogP contribution is 2.22. The monoisotopic (exact) mass is 196 g/mol. The van der Waals surface area contributed by atoms with E-state index in [4.69, 9.17) is 4.55 Å². The molecule has 0 rings (SSSR count). The first-order chi connectivity index (χ1) is 4.63. The molecular formula is C6H16O3SSi. The van der Waals surface area contributed by atoms with Gasteiger partial charge in [0.1, 0.15) is 0 Å². The van der Waals surface area contributed by atoms with Gasteiger partial charge in [-0.05, 0) is 11.8 Å². The summed E-state index contributed by atoms with van der Waals surface area (Å²) in [5.41, 5.74) is -0.0256. The molecule has 0 amide bonds. The number of rotatable bonds is 2. The van der Waals surface area contributed by atoms with Crippen LogP contribution in [0.4, 0.5) is 0 Å². The molecule has 0 bridgehead atoms. The predicted octanol–water partition coefficient (Wildman–Crippen LogP) is 0.00190. The van der Waals surface area contributed by atoms with Crippen LogP contribution in [0.3, 0.4) is 0 Å². The van der Waals surface area contributed by atoms with Crippen molar-refractivity contribution in [1.82, 2.24) is 0 Å². The molecule has 1 unspecified atom stereocenters. The maximum Gasteiger partial charge on any atom is 0.264 e. The van der Waals surface area contributed by atoms with Crippen LogP contribution in [0.1, 0.15) is 27.2 Å². The van der Waals surface area contributed by atoms with Crippen LogP contribution in [-0.4, -0.2) is 28.1 Å². The van der Waals surface area contributed by atoms with Crippen LogP contribution in [0.5, 0.6) is 0 Å². The van der Waals surface area contributed by atoms with E-state index in [1.165, 1.54) is 0 Å². The van der Waals surface area contributed by atoms with Crippen molar-refractivity contribution in [3.8, 4) is 0 Å². The smallest absolute Gasteiger partial charge is 0.264 e. The molecule has 0 aliphatic carbocycles. The Balaban J connectivity index is 4.22. The summed E-state index contributed by atoms with van der Waals surface area (Å²) in [6.45, 7) is 5.88. The van der Waals surface area contributed by atoms with Gasteiger partial charge in [-0.1, -0.05) is 20.8 Å². The second kappa shape index (κ2) is 3.24. The molecule has 0 saturated heterocycles. The van der Waals surface area contributed by atoms with Crippen LogP contribution >= 0.6 is 0 Å². The van der Waals surface area contributed by atoms with Gasteiger partial charge in [0.2, 0.25) is 0 Å². The summed E-state index contributed by atoms with van der Waals surface area (Å²) in [5, 5.41) is 0. The summed E-state index contributed by atoms with van der Waals surface area (Å²) in [6, 6.07) is 0. The lowest BCUT2D eigenvalue weighted by molar-refractivity contribution is 0.377. The standard InChI is InChI=1S/C6H16O3SSi/c1-6(2,3)4-5(11)10(7,8)9/h5H,4H2,1-3,11H3,(H,7,8,9). The van der Waals surface area contributed by atoms with Gasteiger partial charge in [0.25, 0.3) is 10.1 Å². The van der Waals surface area contributed by atoms with Crippen molar-refractivity contribution in [1.29, 1.82) is 0 Å². The highest BCUT2D eigenvalue weighted by atomic mass is 32.2. The molecule has 1 atom stereocenters. The lowest BCUT2D eigenvalue weighted by Crippen LogP contribution is -2.26. The highest BCUT2D eigenvalue weighted by molar-refractivity contribution is 7.87. The van der Waals surface area contributed by atoms with Gasteiger partial charge in [-0.15, -0.1) is 0 Å². The summed E-state index contributed by atoms with van der Waals surface area (Å²) < 4.78 is 29.9. The Bertz CT molecular complexity index is 214. The fourth-order valence-corrected chi connectivity index (χ4v) is 2.90. The van der Waals surface area contributed by atoms with Gasteiger partial charge < -0.3 is 0 Å². The van der Waals surface area contributed by atoms with Crippen molar-refractivity contribution in [2.75, 3.05) is 0 Å². The highest BCUT2D eigenvalue weighted by Gasteiger charge is 2.23. The van der Waals surface area contributed by atoms with Gasteiger partial charge in [0.15, 0.2) is 0 Å². The third-order valence-electron chi connectivity index (χ3n) is 1.41. The SMILES string of the molecule is CC(C)(C)CC([SiH3])S(=O)(=O)O. The van der Waals surface area contributed by atoms with E-state index in [0.29, 0.717) is 16.7 Å². The molecule has 0 aromatic rings. The molecule has 0 heterocycles. The summed E-state index contributed by atoms with van der Waals surface area (Å²) >= 11 is 0. The molecule has 0 aliphatic heterocycles. The fraction of sp³-hybridized carbons (Fsp3) is 1.00. The molecular weight excluding hydrogens is 180 g/mol. The average Bonchev–Trinajstić information content (AvgIpc) is 1.56. The maximum absolute atomic E-state index is 10.6. The zero-order valence-electron chi connectivity index (χ0n) is 7.46. The van der Waals surface area contributed by atoms with Crippen LogP contribution in [0.2, 0.25) is 0 Å². The van der Waals surface area contributed by atoms with Crippen molar-refractivity contribution >= 4 is 20.4 Å². The van der Waals surface area contributed by atoms with Gasteiger partial charge in [-0.25, -0.2) is 0 Å². The molecule has 5 heteroatoms. The first-order valence-corrected chi connectivity index (χ1v) is 6.25. The van der Waals surface area contributed by atoms with Crippen molar-refractivity contribution in [3.63, 3.8) is 0 Å². The summed E-state index contributed by atoms with van der Waals surface area (Å²) in [6.07, 6.45) is 0.540. The fourth-order valence-electron chi connectivity index (χ4n) is 0.968. The van der Waals surface area contributed by atoms with E-state index in [1.807, 2.05) is 20.8 Å². The van der Waals surface area contributed by atoms with E-state index in [2.05, 4.69) is 0 Å². The molecule has 11 heavy (non-hydrogen) atoms. The molecule has 1 N–H and O–H groups in total. The van der Waals surface area contributed by atoms with Crippen LogP contribution in [0, 0.1) is 5.41 Å². The first-order valence-electron chi connectivity index (χ1n) is 3.59. The van der Waals surface area contributed by atoms with Crippen LogP contribution in [-0.2, 0) is 10.1 Å². The van der Waals surface area contributed by atoms with Crippen LogP contribution in [0.15, 0.2) is 0 Å². The second-order valence-electron chi connectivity index (χ2n) is 4.09. The Hall–Kier alpha value is 0.127. The Morgan fingerprint density at radius 1 is 1.45 bits per heavy atom. The molecule has 68 valence electrons. The quantitative estimate of drug-likeness (QED) is 0.500. The van der Waals surface area contributed by atoms with Crippen LogP contribution in [0.25, 0.3) is 0 Å². The minimum absolute atomic E-state index is 0.0256. The zero-order chi connectivity index (χ0) is 9.28. The third-order valence-corrected chi connectivity index (χ3v) is 4.79. The predicted molar refractivity (Wildman–Crippen MR) is 49.3 cm³/mol. The molecule has 0 aromatic heterocycles. The van der Waals surface area contributed by atoms with E-state index < -0.39 is 15.0 Å². The van der Waals surface area contributed by atoms with Crippen molar-refractivity contribution in [3.05, 3.63) is 0 Å². The van der Waals surface area contributed by atoms with Crippen molar-refractivity contribution < 1.29 is 13.0 Å². The largest absolute Gasteiger partial charge is 0.286 e. The van der Waals surface area contributed by atoms with Gasteiger partial charge >= 0.3 is 0 Å². The molecule has 0 fully saturated rings. The van der Waals surface area contributed by atoms with Gasteiger partial charge in [-0.3, -0.25) is 4.55 Å². The van der Waals surface area contributed by atoms with E-state index in [0.717, 1.165) is 0 Å². The molecule has 0 aliphatic rings. The van der Waals surface area contributed by atoms with Crippen molar-refractivity contribution in [2.24, 2.45) is 5.41 Å². The lowest BCUT2D eigenvalue weighted by Gasteiger charge is -2.21. The minimum atomic E-state index is -3.77. The summed E-state index contributed by atoms with van der Waals surface area (Å²) in [4.78, 5) is -0.525. The van der Waals surface area contributed by atoms with E-state index >= 15 is 0 Å². The third kappa shape index (κ3) is 5.40.